The molecule has 8 N–H and O–H groups in total. The molecule has 4 rings (SSSR count). The summed E-state index contributed by atoms with van der Waals surface area (Å²) in [6.07, 6.45) is 5.05. The Kier molecular flexibility index (Phi) is 9.26. The van der Waals surface area contributed by atoms with Crippen LogP contribution >= 0.6 is 0 Å². The number of imidazole rings is 1. The van der Waals surface area contributed by atoms with Gasteiger partial charge in [-0.1, -0.05) is 48.5 Å². The average Bonchev–Trinajstić information content (AvgIpc) is 3.61. The Morgan fingerprint density at radius 2 is 1.62 bits per heavy atom. The van der Waals surface area contributed by atoms with E-state index in [-0.39, 0.29) is 19.3 Å². The minimum atomic E-state index is -1.25. The van der Waals surface area contributed by atoms with E-state index < -0.39 is 48.4 Å². The molecule has 3 atom stereocenters. The molecule has 40 heavy (non-hydrogen) atoms. The number of carboxylic acid groups (broad SMARTS) is 1. The topological polar surface area (TPSA) is 195 Å². The normalized spacial score (nSPS) is 13.2. The molecule has 0 saturated heterocycles. The van der Waals surface area contributed by atoms with Gasteiger partial charge in [0.05, 0.1) is 18.9 Å². The zero-order valence-corrected chi connectivity index (χ0v) is 21.6. The number of aromatic amines is 2. The maximum absolute atomic E-state index is 13.1. The number of aliphatic carboxylic acids is 1. The minimum Gasteiger partial charge on any atom is -0.480 e. The number of nitrogens with zero attached hydrogens (tertiary/aromatic N) is 1. The fourth-order valence-corrected chi connectivity index (χ4v) is 4.32. The number of hydrogen-bond donors (Lipinski definition) is 7. The molecule has 4 aromatic rings. The van der Waals surface area contributed by atoms with Crippen molar-refractivity contribution in [1.82, 2.24) is 30.9 Å². The van der Waals surface area contributed by atoms with Crippen molar-refractivity contribution in [3.8, 4) is 0 Å². The van der Waals surface area contributed by atoms with Gasteiger partial charge in [-0.05, 0) is 23.6 Å². The Balaban J connectivity index is 1.36. The van der Waals surface area contributed by atoms with E-state index in [1.54, 1.807) is 30.5 Å². The molecule has 2 aromatic heterocycles. The number of benzene rings is 2. The van der Waals surface area contributed by atoms with Gasteiger partial charge in [-0.25, -0.2) is 9.78 Å². The van der Waals surface area contributed by atoms with Crippen LogP contribution in [-0.2, 0) is 38.4 Å². The molecule has 2 aromatic carbocycles. The van der Waals surface area contributed by atoms with E-state index in [0.29, 0.717) is 5.69 Å². The molecule has 0 aliphatic carbocycles. The molecule has 208 valence electrons. The number of para-hydroxylation sites is 1. The van der Waals surface area contributed by atoms with Gasteiger partial charge in [-0.3, -0.25) is 14.4 Å². The van der Waals surface area contributed by atoms with Crippen molar-refractivity contribution in [1.29, 1.82) is 0 Å². The highest BCUT2D eigenvalue weighted by atomic mass is 16.4. The van der Waals surface area contributed by atoms with Crippen molar-refractivity contribution >= 4 is 34.6 Å². The van der Waals surface area contributed by atoms with Gasteiger partial charge in [0.1, 0.15) is 12.1 Å². The van der Waals surface area contributed by atoms with Crippen molar-refractivity contribution in [3.63, 3.8) is 0 Å². The fraction of sp³-hybridized carbons (Fsp3) is 0.250. The fourth-order valence-electron chi connectivity index (χ4n) is 4.32. The summed E-state index contributed by atoms with van der Waals surface area (Å²) in [6, 6.07) is 13.4. The molecule has 0 bridgehead atoms. The second-order valence-corrected chi connectivity index (χ2v) is 9.38. The van der Waals surface area contributed by atoms with E-state index in [2.05, 4.69) is 30.9 Å². The second kappa shape index (κ2) is 13.2. The monoisotopic (exact) mass is 545 g/mol. The lowest BCUT2D eigenvalue weighted by Gasteiger charge is -2.22. The van der Waals surface area contributed by atoms with Crippen LogP contribution in [0.15, 0.2) is 73.3 Å². The third kappa shape index (κ3) is 7.54. The molecule has 3 unspecified atom stereocenters. The molecule has 2 heterocycles. The van der Waals surface area contributed by atoms with Crippen molar-refractivity contribution < 1.29 is 24.3 Å². The summed E-state index contributed by atoms with van der Waals surface area (Å²) in [5, 5.41) is 18.2. The van der Waals surface area contributed by atoms with E-state index >= 15 is 0 Å². The van der Waals surface area contributed by atoms with Crippen LogP contribution in [0.4, 0.5) is 0 Å². The zero-order chi connectivity index (χ0) is 28.5. The Labute approximate surface area is 229 Å². The molecular formula is C28H31N7O5. The summed E-state index contributed by atoms with van der Waals surface area (Å²) >= 11 is 0. The largest absolute Gasteiger partial charge is 0.480 e. The summed E-state index contributed by atoms with van der Waals surface area (Å²) in [5.41, 5.74) is 9.19. The van der Waals surface area contributed by atoms with E-state index in [0.717, 1.165) is 22.0 Å². The summed E-state index contributed by atoms with van der Waals surface area (Å²) < 4.78 is 0. The number of nitrogens with one attached hydrogen (secondary N) is 5. The van der Waals surface area contributed by atoms with Crippen LogP contribution in [0, 0.1) is 0 Å². The first-order valence-electron chi connectivity index (χ1n) is 12.7. The summed E-state index contributed by atoms with van der Waals surface area (Å²) in [4.78, 5) is 60.1. The van der Waals surface area contributed by atoms with Crippen LogP contribution in [0.2, 0.25) is 0 Å². The first-order chi connectivity index (χ1) is 19.3. The molecule has 12 heteroatoms. The summed E-state index contributed by atoms with van der Waals surface area (Å²) in [5.74, 6) is -3.05. The highest BCUT2D eigenvalue weighted by molar-refractivity contribution is 5.93. The van der Waals surface area contributed by atoms with E-state index in [1.165, 1.54) is 12.5 Å². The Morgan fingerprint density at radius 3 is 2.35 bits per heavy atom. The number of amides is 3. The highest BCUT2D eigenvalue weighted by Crippen LogP contribution is 2.18. The van der Waals surface area contributed by atoms with Crippen LogP contribution in [0.25, 0.3) is 10.9 Å². The summed E-state index contributed by atoms with van der Waals surface area (Å²) in [6.45, 7) is -0.407. The van der Waals surface area contributed by atoms with Crippen LogP contribution in [0.5, 0.6) is 0 Å². The lowest BCUT2D eigenvalue weighted by atomic mass is 10.0. The van der Waals surface area contributed by atoms with Crippen LogP contribution in [0.1, 0.15) is 16.8 Å². The third-order valence-corrected chi connectivity index (χ3v) is 6.40. The van der Waals surface area contributed by atoms with Gasteiger partial charge in [0.15, 0.2) is 0 Å². The minimum absolute atomic E-state index is 0.0164. The highest BCUT2D eigenvalue weighted by Gasteiger charge is 2.28. The third-order valence-electron chi connectivity index (χ3n) is 6.40. The molecule has 0 radical (unpaired) electrons. The number of aromatic nitrogens is 3. The Hall–Kier alpha value is -4.97. The summed E-state index contributed by atoms with van der Waals surface area (Å²) in [7, 11) is 0. The van der Waals surface area contributed by atoms with Crippen molar-refractivity contribution in [2.45, 2.75) is 37.4 Å². The molecule has 3 amide bonds. The number of H-pyrrole nitrogens is 2. The van der Waals surface area contributed by atoms with Crippen LogP contribution in [0.3, 0.4) is 0 Å². The maximum Gasteiger partial charge on any atom is 0.326 e. The van der Waals surface area contributed by atoms with Gasteiger partial charge < -0.3 is 36.8 Å². The predicted octanol–water partition coefficient (Wildman–Crippen LogP) is 0.417. The number of nitrogens with two attached hydrogens (primary N) is 1. The van der Waals surface area contributed by atoms with Crippen molar-refractivity contribution in [3.05, 3.63) is 90.1 Å². The van der Waals surface area contributed by atoms with Gasteiger partial charge >= 0.3 is 5.97 Å². The van der Waals surface area contributed by atoms with Gasteiger partial charge in [0.25, 0.3) is 0 Å². The standard InChI is InChI=1S/C28H31N7O5/c29-21(11-18-13-31-22-9-5-4-8-20(18)22)26(37)32-15-25(36)34-23(10-17-6-2-1-3-7-17)27(38)35-24(28(39)40)12-19-14-30-16-33-19/h1-9,13-14,16,21,23-24,31H,10-12,15,29H2,(H,30,33)(H,32,37)(H,34,36)(H,35,38)(H,39,40). The van der Waals surface area contributed by atoms with E-state index in [9.17, 15) is 24.3 Å². The molecule has 12 nitrogen and oxygen atoms in total. The van der Waals surface area contributed by atoms with Gasteiger partial charge in [-0.15, -0.1) is 0 Å². The number of rotatable bonds is 13. The SMILES string of the molecule is NC(Cc1c[nH]c2ccccc12)C(=O)NCC(=O)NC(Cc1ccccc1)C(=O)NC(Cc1cnc[nH]1)C(=O)O. The molecule has 0 aliphatic heterocycles. The molecule has 0 fully saturated rings. The molecule has 0 aliphatic rings. The number of fused-ring (bicyclic) bond motifs is 1. The number of hydrogen-bond acceptors (Lipinski definition) is 6. The van der Waals surface area contributed by atoms with Crippen LogP contribution < -0.4 is 21.7 Å². The predicted molar refractivity (Wildman–Crippen MR) is 147 cm³/mol. The lowest BCUT2D eigenvalue weighted by molar-refractivity contribution is -0.142. The van der Waals surface area contributed by atoms with Gasteiger partial charge in [0.2, 0.25) is 17.7 Å². The first kappa shape index (κ1) is 28.0. The first-order valence-corrected chi connectivity index (χ1v) is 12.7. The second-order valence-electron chi connectivity index (χ2n) is 9.38. The van der Waals surface area contributed by atoms with Gasteiger partial charge in [-0.2, -0.15) is 0 Å². The Bertz CT molecular complexity index is 1450. The van der Waals surface area contributed by atoms with E-state index in [1.807, 2.05) is 30.3 Å². The van der Waals surface area contributed by atoms with Crippen molar-refractivity contribution in [2.75, 3.05) is 6.54 Å². The number of carboxylic acids is 1. The molecule has 0 saturated carbocycles. The number of carbonyl (C=O) groups excluding carboxylic acids is 3. The van der Waals surface area contributed by atoms with E-state index in [4.69, 9.17) is 5.73 Å². The van der Waals surface area contributed by atoms with Crippen LogP contribution in [-0.4, -0.2) is 68.4 Å². The molecule has 0 spiro atoms. The Morgan fingerprint density at radius 1 is 0.875 bits per heavy atom. The van der Waals surface area contributed by atoms with Crippen molar-refractivity contribution in [2.24, 2.45) is 5.73 Å². The quantitative estimate of drug-likeness (QED) is 0.126. The number of carbonyl (C=O) groups is 4. The molecular weight excluding hydrogens is 514 g/mol. The maximum atomic E-state index is 13.1. The average molecular weight is 546 g/mol. The van der Waals surface area contributed by atoms with Gasteiger partial charge in [0, 0.05) is 41.8 Å². The smallest absolute Gasteiger partial charge is 0.326 e. The zero-order valence-electron chi connectivity index (χ0n) is 21.6. The lowest BCUT2D eigenvalue weighted by Crippen LogP contribution is -2.55.